The van der Waals surface area contributed by atoms with Crippen molar-refractivity contribution in [2.45, 2.75) is 46.1 Å². The number of amides is 1. The molecule has 0 aromatic carbocycles. The van der Waals surface area contributed by atoms with Gasteiger partial charge in [-0.3, -0.25) is 24.4 Å². The minimum Gasteiger partial charge on any atom is -0.462 e. The normalized spacial score (nSPS) is 12.8. The molecule has 0 saturated carbocycles. The summed E-state index contributed by atoms with van der Waals surface area (Å²) in [5.41, 5.74) is 3.30. The summed E-state index contributed by atoms with van der Waals surface area (Å²) in [5, 5.41) is 12.6. The third kappa shape index (κ3) is 4.71. The molecule has 5 heterocycles. The monoisotopic (exact) mass is 568 g/mol. The fourth-order valence-corrected chi connectivity index (χ4v) is 6.61. The lowest BCUT2D eigenvalue weighted by molar-refractivity contribution is 0.0526. The molecular weight excluding hydrogens is 540 g/mol. The number of fused-ring (bicyclic) bond motifs is 3. The summed E-state index contributed by atoms with van der Waals surface area (Å²) >= 11 is 1.38. The van der Waals surface area contributed by atoms with Crippen molar-refractivity contribution >= 4 is 44.9 Å². The van der Waals surface area contributed by atoms with Crippen molar-refractivity contribution in [3.05, 3.63) is 97.5 Å². The largest absolute Gasteiger partial charge is 0.462 e. The molecule has 0 saturated heterocycles. The molecule has 1 aliphatic carbocycles. The van der Waals surface area contributed by atoms with Gasteiger partial charge in [0.2, 0.25) is 0 Å². The summed E-state index contributed by atoms with van der Waals surface area (Å²) in [6, 6.07) is 8.69. The molecule has 11 heteroatoms. The first-order valence-electron chi connectivity index (χ1n) is 13.5. The van der Waals surface area contributed by atoms with Crippen molar-refractivity contribution in [1.29, 1.82) is 5.41 Å². The van der Waals surface area contributed by atoms with E-state index in [0.717, 1.165) is 47.3 Å². The van der Waals surface area contributed by atoms with Gasteiger partial charge in [-0.05, 0) is 80.5 Å². The number of ether oxygens (including phenoxy) is 1. The Morgan fingerprint density at radius 3 is 2.71 bits per heavy atom. The third-order valence-electron chi connectivity index (χ3n) is 7.35. The zero-order chi connectivity index (χ0) is 28.7. The molecule has 6 rings (SSSR count). The van der Waals surface area contributed by atoms with Crippen LogP contribution in [0.2, 0.25) is 0 Å². The fraction of sp³-hybridized carbons (Fsp3) is 0.267. The first-order valence-corrected chi connectivity index (χ1v) is 14.3. The Labute approximate surface area is 238 Å². The maximum absolute atomic E-state index is 13.8. The molecule has 0 unspecified atom stereocenters. The molecule has 1 amide bonds. The zero-order valence-electron chi connectivity index (χ0n) is 22.7. The standard InChI is InChI=1S/C30H28N6O4S/c1-3-40-30(39)23-19-8-4-5-9-22(19)41-28(23)34-27(37)20-15-21-26(33-25-17(2)7-6-14-35(25)29(21)38)36(24(20)31)16-18-10-12-32-13-11-18/h6-7,10-15,31H,3-5,8-9,16H2,1-2H3,(H,34,37). The van der Waals surface area contributed by atoms with Gasteiger partial charge < -0.3 is 14.6 Å². The van der Waals surface area contributed by atoms with Crippen LogP contribution in [0.4, 0.5) is 5.00 Å². The molecule has 10 nitrogen and oxygen atoms in total. The van der Waals surface area contributed by atoms with Gasteiger partial charge in [0.25, 0.3) is 11.5 Å². The summed E-state index contributed by atoms with van der Waals surface area (Å²) < 4.78 is 8.35. The van der Waals surface area contributed by atoms with Crippen molar-refractivity contribution in [3.63, 3.8) is 0 Å². The number of thiophene rings is 1. The number of hydrogen-bond acceptors (Lipinski definition) is 8. The SMILES string of the molecule is CCOC(=O)c1c(NC(=O)c2cc3c(=O)n4cccc(C)c4nc3n(Cc3ccncc3)c2=N)sc2c1CCCC2. The number of rotatable bonds is 6. The zero-order valence-corrected chi connectivity index (χ0v) is 23.5. The molecule has 0 bridgehead atoms. The van der Waals surface area contributed by atoms with Crippen LogP contribution in [0.5, 0.6) is 0 Å². The molecule has 0 atom stereocenters. The van der Waals surface area contributed by atoms with E-state index in [1.165, 1.54) is 21.8 Å². The second kappa shape index (κ2) is 10.7. The summed E-state index contributed by atoms with van der Waals surface area (Å²) in [7, 11) is 0. The Morgan fingerprint density at radius 2 is 1.93 bits per heavy atom. The summed E-state index contributed by atoms with van der Waals surface area (Å²) in [5.74, 6) is -1.05. The second-order valence-corrected chi connectivity index (χ2v) is 11.1. The van der Waals surface area contributed by atoms with E-state index in [0.29, 0.717) is 21.9 Å². The first kappa shape index (κ1) is 26.6. The lowest BCUT2D eigenvalue weighted by Crippen LogP contribution is -2.32. The van der Waals surface area contributed by atoms with Gasteiger partial charge in [-0.1, -0.05) is 6.07 Å². The van der Waals surface area contributed by atoms with Crippen LogP contribution in [-0.4, -0.2) is 37.4 Å². The van der Waals surface area contributed by atoms with Crippen LogP contribution in [-0.2, 0) is 24.1 Å². The van der Waals surface area contributed by atoms with E-state index < -0.39 is 11.9 Å². The maximum Gasteiger partial charge on any atom is 0.341 e. The molecule has 41 heavy (non-hydrogen) atoms. The molecule has 1 aliphatic rings. The highest BCUT2D eigenvalue weighted by Gasteiger charge is 2.28. The topological polar surface area (TPSA) is 131 Å². The molecule has 0 fully saturated rings. The Balaban J connectivity index is 1.53. The quantitative estimate of drug-likeness (QED) is 0.233. The van der Waals surface area contributed by atoms with E-state index in [1.807, 2.05) is 25.1 Å². The van der Waals surface area contributed by atoms with E-state index >= 15 is 0 Å². The number of anilines is 1. The third-order valence-corrected chi connectivity index (χ3v) is 8.55. The van der Waals surface area contributed by atoms with Crippen molar-refractivity contribution in [3.8, 4) is 0 Å². The molecule has 0 radical (unpaired) electrons. The molecular formula is C30H28N6O4S. The van der Waals surface area contributed by atoms with Gasteiger partial charge in [0, 0.05) is 23.5 Å². The molecule has 2 N–H and O–H groups in total. The Morgan fingerprint density at radius 1 is 1.15 bits per heavy atom. The number of hydrogen-bond donors (Lipinski definition) is 2. The lowest BCUT2D eigenvalue weighted by Gasteiger charge is -2.15. The van der Waals surface area contributed by atoms with E-state index in [-0.39, 0.29) is 35.1 Å². The smallest absolute Gasteiger partial charge is 0.341 e. The van der Waals surface area contributed by atoms with Crippen LogP contribution >= 0.6 is 11.3 Å². The number of carbonyl (C=O) groups is 2. The molecule has 208 valence electrons. The van der Waals surface area contributed by atoms with Gasteiger partial charge >= 0.3 is 5.97 Å². The van der Waals surface area contributed by atoms with Crippen LogP contribution in [0.3, 0.4) is 0 Å². The maximum atomic E-state index is 13.8. The van der Waals surface area contributed by atoms with Crippen molar-refractivity contribution in [2.24, 2.45) is 0 Å². The lowest BCUT2D eigenvalue weighted by atomic mass is 9.95. The van der Waals surface area contributed by atoms with Crippen molar-refractivity contribution < 1.29 is 14.3 Å². The highest BCUT2D eigenvalue weighted by Crippen LogP contribution is 2.38. The summed E-state index contributed by atoms with van der Waals surface area (Å²) in [6.07, 6.45) is 8.50. The average molecular weight is 569 g/mol. The average Bonchev–Trinajstić information content (AvgIpc) is 3.33. The second-order valence-electron chi connectivity index (χ2n) is 9.98. The number of nitrogens with one attached hydrogen (secondary N) is 2. The number of aryl methyl sites for hydroxylation is 2. The Hall–Kier alpha value is -4.64. The summed E-state index contributed by atoms with van der Waals surface area (Å²) in [4.78, 5) is 50.4. The molecule has 5 aromatic heterocycles. The predicted molar refractivity (Wildman–Crippen MR) is 156 cm³/mol. The van der Waals surface area contributed by atoms with Crippen molar-refractivity contribution in [2.75, 3.05) is 11.9 Å². The van der Waals surface area contributed by atoms with Gasteiger partial charge in [0.15, 0.2) is 0 Å². The van der Waals surface area contributed by atoms with Gasteiger partial charge in [-0.15, -0.1) is 11.3 Å². The predicted octanol–water partition coefficient (Wildman–Crippen LogP) is 4.25. The first-order chi connectivity index (χ1) is 19.9. The van der Waals surface area contributed by atoms with Crippen LogP contribution < -0.4 is 16.4 Å². The van der Waals surface area contributed by atoms with E-state index in [2.05, 4.69) is 10.3 Å². The van der Waals surface area contributed by atoms with Gasteiger partial charge in [0.1, 0.15) is 21.8 Å². The number of nitrogens with zero attached hydrogens (tertiary/aromatic N) is 4. The van der Waals surface area contributed by atoms with Gasteiger partial charge in [0.05, 0.1) is 29.7 Å². The molecule has 5 aromatic rings. The number of aromatic nitrogens is 4. The van der Waals surface area contributed by atoms with E-state index in [1.54, 1.807) is 36.1 Å². The molecule has 0 spiro atoms. The Bertz CT molecular complexity index is 1960. The van der Waals surface area contributed by atoms with Crippen LogP contribution in [0.25, 0.3) is 16.7 Å². The van der Waals surface area contributed by atoms with Gasteiger partial charge in [-0.25, -0.2) is 9.78 Å². The number of esters is 1. The Kier molecular flexibility index (Phi) is 6.96. The van der Waals surface area contributed by atoms with Crippen LogP contribution in [0, 0.1) is 12.3 Å². The molecule has 0 aliphatic heterocycles. The summed E-state index contributed by atoms with van der Waals surface area (Å²) in [6.45, 7) is 4.04. The van der Waals surface area contributed by atoms with E-state index in [4.69, 9.17) is 15.1 Å². The van der Waals surface area contributed by atoms with Gasteiger partial charge in [-0.2, -0.15) is 0 Å². The minimum atomic E-state index is -0.585. The minimum absolute atomic E-state index is 0.000704. The van der Waals surface area contributed by atoms with Crippen LogP contribution in [0.15, 0.2) is 53.7 Å². The fourth-order valence-electron chi connectivity index (χ4n) is 5.34. The number of carbonyl (C=O) groups excluding carboxylic acids is 2. The van der Waals surface area contributed by atoms with Crippen LogP contribution in [0.1, 0.15) is 62.0 Å². The number of pyridine rings is 3. The highest BCUT2D eigenvalue weighted by molar-refractivity contribution is 7.17. The van der Waals surface area contributed by atoms with E-state index in [9.17, 15) is 14.4 Å². The highest BCUT2D eigenvalue weighted by atomic mass is 32.1. The van der Waals surface area contributed by atoms with Crippen molar-refractivity contribution in [1.82, 2.24) is 18.9 Å².